The minimum atomic E-state index is -0.398. The molecule has 0 radical (unpaired) electrons. The minimum absolute atomic E-state index is 0.0857. The van der Waals surface area contributed by atoms with Crippen molar-refractivity contribution in [1.82, 2.24) is 4.57 Å². The van der Waals surface area contributed by atoms with Gasteiger partial charge in [-0.15, -0.1) is 0 Å². The molecule has 110 valence electrons. The first-order valence-corrected chi connectivity index (χ1v) is 6.65. The molecule has 1 aromatic heterocycles. The first kappa shape index (κ1) is 14.8. The molecule has 0 fully saturated rings. The van der Waals surface area contributed by atoms with Crippen LogP contribution in [0.5, 0.6) is 11.5 Å². The molecule has 1 aromatic carbocycles. The normalized spacial score (nSPS) is 10.8. The Hall–Kier alpha value is -2.56. The second-order valence-electron chi connectivity index (χ2n) is 5.33. The lowest BCUT2D eigenvalue weighted by Gasteiger charge is -2.10. The number of rotatable bonds is 4. The van der Waals surface area contributed by atoms with Gasteiger partial charge in [0.05, 0.1) is 5.56 Å². The molecule has 0 atom stereocenters. The van der Waals surface area contributed by atoms with Gasteiger partial charge in [0.15, 0.2) is 5.78 Å². The highest BCUT2D eigenvalue weighted by Crippen LogP contribution is 2.24. The summed E-state index contributed by atoms with van der Waals surface area (Å²) in [6.07, 6.45) is 1.50. The van der Waals surface area contributed by atoms with Crippen molar-refractivity contribution >= 4 is 5.78 Å². The second-order valence-corrected chi connectivity index (χ2v) is 5.33. The molecule has 0 bridgehead atoms. The summed E-state index contributed by atoms with van der Waals surface area (Å²) in [4.78, 5) is 24.1. The maximum Gasteiger partial charge on any atom is 0.250 e. The highest BCUT2D eigenvalue weighted by atomic mass is 16.3. The van der Waals surface area contributed by atoms with Gasteiger partial charge in [0.25, 0.3) is 5.56 Å². The Balaban J connectivity index is 2.41. The number of hydrogen-bond donors (Lipinski definition) is 2. The van der Waals surface area contributed by atoms with Gasteiger partial charge in [-0.3, -0.25) is 9.59 Å². The summed E-state index contributed by atoms with van der Waals surface area (Å²) in [6.45, 7) is 4.47. The van der Waals surface area contributed by atoms with Crippen LogP contribution in [0.3, 0.4) is 0 Å². The third kappa shape index (κ3) is 3.31. The Kier molecular flexibility index (Phi) is 4.12. The fourth-order valence-corrected chi connectivity index (χ4v) is 2.07. The quantitative estimate of drug-likeness (QED) is 0.844. The van der Waals surface area contributed by atoms with E-state index in [1.807, 2.05) is 13.8 Å². The standard InChI is InChI=1S/C16H17NO4/c1-10(2)8-17-9-11(3-6-15(17)20)16(21)13-5-4-12(18)7-14(13)19/h3-7,9-10,18-19H,8H2,1-2H3. The average Bonchev–Trinajstić information content (AvgIpc) is 2.40. The van der Waals surface area contributed by atoms with Gasteiger partial charge in [-0.05, 0) is 24.1 Å². The maximum absolute atomic E-state index is 12.4. The molecule has 2 aromatic rings. The van der Waals surface area contributed by atoms with E-state index in [1.54, 1.807) is 0 Å². The zero-order chi connectivity index (χ0) is 15.6. The van der Waals surface area contributed by atoms with Crippen LogP contribution in [-0.2, 0) is 6.54 Å². The zero-order valence-electron chi connectivity index (χ0n) is 11.9. The molecule has 0 unspecified atom stereocenters. The van der Waals surface area contributed by atoms with E-state index in [9.17, 15) is 19.8 Å². The molecular weight excluding hydrogens is 270 g/mol. The van der Waals surface area contributed by atoms with Crippen molar-refractivity contribution in [1.29, 1.82) is 0 Å². The molecule has 1 heterocycles. The predicted octanol–water partition coefficient (Wildman–Crippen LogP) is 2.15. The maximum atomic E-state index is 12.4. The van der Waals surface area contributed by atoms with Gasteiger partial charge in [0, 0.05) is 30.4 Å². The molecule has 0 spiro atoms. The Morgan fingerprint density at radius 1 is 1.19 bits per heavy atom. The Labute approximate surface area is 122 Å². The van der Waals surface area contributed by atoms with Crippen molar-refractivity contribution in [2.75, 3.05) is 0 Å². The topological polar surface area (TPSA) is 79.5 Å². The minimum Gasteiger partial charge on any atom is -0.508 e. The summed E-state index contributed by atoms with van der Waals surface area (Å²) in [5, 5.41) is 19.0. The highest BCUT2D eigenvalue weighted by molar-refractivity contribution is 6.10. The van der Waals surface area contributed by atoms with Crippen molar-refractivity contribution in [2.45, 2.75) is 20.4 Å². The fourth-order valence-electron chi connectivity index (χ4n) is 2.07. The van der Waals surface area contributed by atoms with Gasteiger partial charge in [-0.25, -0.2) is 0 Å². The zero-order valence-corrected chi connectivity index (χ0v) is 11.9. The monoisotopic (exact) mass is 287 g/mol. The lowest BCUT2D eigenvalue weighted by molar-refractivity contribution is 0.103. The van der Waals surface area contributed by atoms with Gasteiger partial charge < -0.3 is 14.8 Å². The van der Waals surface area contributed by atoms with Crippen molar-refractivity contribution in [2.24, 2.45) is 5.92 Å². The van der Waals surface area contributed by atoms with Crippen LogP contribution in [0, 0.1) is 5.92 Å². The van der Waals surface area contributed by atoms with Crippen molar-refractivity contribution < 1.29 is 15.0 Å². The number of pyridine rings is 1. The third-order valence-corrected chi connectivity index (χ3v) is 3.03. The summed E-state index contributed by atoms with van der Waals surface area (Å²) >= 11 is 0. The van der Waals surface area contributed by atoms with Crippen LogP contribution in [0.15, 0.2) is 41.3 Å². The molecule has 21 heavy (non-hydrogen) atoms. The Bertz CT molecular complexity index is 731. The van der Waals surface area contributed by atoms with Crippen molar-refractivity contribution in [3.63, 3.8) is 0 Å². The van der Waals surface area contributed by atoms with E-state index in [-0.39, 0.29) is 28.5 Å². The number of carbonyl (C=O) groups excluding carboxylic acids is 1. The van der Waals surface area contributed by atoms with E-state index in [4.69, 9.17) is 0 Å². The predicted molar refractivity (Wildman–Crippen MR) is 78.7 cm³/mol. The van der Waals surface area contributed by atoms with Gasteiger partial charge in [0.1, 0.15) is 11.5 Å². The highest BCUT2D eigenvalue weighted by Gasteiger charge is 2.15. The summed E-state index contributed by atoms with van der Waals surface area (Å²) in [7, 11) is 0. The molecule has 0 aliphatic heterocycles. The van der Waals surface area contributed by atoms with Crippen LogP contribution in [0.4, 0.5) is 0 Å². The van der Waals surface area contributed by atoms with E-state index in [1.165, 1.54) is 35.0 Å². The van der Waals surface area contributed by atoms with Crippen LogP contribution in [0.2, 0.25) is 0 Å². The van der Waals surface area contributed by atoms with Crippen molar-refractivity contribution in [3.05, 3.63) is 58.0 Å². The lowest BCUT2D eigenvalue weighted by atomic mass is 10.0. The van der Waals surface area contributed by atoms with Crippen LogP contribution in [0.1, 0.15) is 29.8 Å². The summed E-state index contributed by atoms with van der Waals surface area (Å²) in [5.74, 6) is -0.532. The summed E-state index contributed by atoms with van der Waals surface area (Å²) < 4.78 is 1.48. The number of hydrogen-bond acceptors (Lipinski definition) is 4. The molecule has 0 aliphatic rings. The molecule has 5 nitrogen and oxygen atoms in total. The van der Waals surface area contributed by atoms with Crippen LogP contribution >= 0.6 is 0 Å². The number of carbonyl (C=O) groups is 1. The molecule has 2 N–H and O–H groups in total. The molecular formula is C16H17NO4. The van der Waals surface area contributed by atoms with Gasteiger partial charge in [0.2, 0.25) is 0 Å². The lowest BCUT2D eigenvalue weighted by Crippen LogP contribution is -2.22. The van der Waals surface area contributed by atoms with Gasteiger partial charge in [-0.2, -0.15) is 0 Å². The number of ketones is 1. The SMILES string of the molecule is CC(C)Cn1cc(C(=O)c2ccc(O)cc2O)ccc1=O. The fraction of sp³-hybridized carbons (Fsp3) is 0.250. The largest absolute Gasteiger partial charge is 0.508 e. The van der Waals surface area contributed by atoms with E-state index >= 15 is 0 Å². The van der Waals surface area contributed by atoms with Crippen LogP contribution in [-0.4, -0.2) is 20.6 Å². The average molecular weight is 287 g/mol. The molecule has 0 amide bonds. The first-order chi connectivity index (χ1) is 9.88. The number of nitrogens with zero attached hydrogens (tertiary/aromatic N) is 1. The van der Waals surface area contributed by atoms with Crippen LogP contribution in [0.25, 0.3) is 0 Å². The van der Waals surface area contributed by atoms with Crippen LogP contribution < -0.4 is 5.56 Å². The van der Waals surface area contributed by atoms with Gasteiger partial charge in [-0.1, -0.05) is 13.8 Å². The van der Waals surface area contributed by atoms with E-state index in [0.29, 0.717) is 12.1 Å². The number of aromatic hydroxyl groups is 2. The number of aromatic nitrogens is 1. The van der Waals surface area contributed by atoms with Gasteiger partial charge >= 0.3 is 0 Å². The number of phenols is 2. The van der Waals surface area contributed by atoms with Crippen molar-refractivity contribution in [3.8, 4) is 11.5 Å². The molecule has 5 heteroatoms. The second kappa shape index (κ2) is 5.83. The van der Waals surface area contributed by atoms with E-state index in [2.05, 4.69) is 0 Å². The smallest absolute Gasteiger partial charge is 0.250 e. The first-order valence-electron chi connectivity index (χ1n) is 6.65. The molecule has 0 saturated heterocycles. The number of benzene rings is 1. The molecule has 2 rings (SSSR count). The summed E-state index contributed by atoms with van der Waals surface area (Å²) in [5.41, 5.74) is 0.231. The Morgan fingerprint density at radius 2 is 1.90 bits per heavy atom. The molecule has 0 aliphatic carbocycles. The van der Waals surface area contributed by atoms with E-state index < -0.39 is 5.78 Å². The molecule has 0 saturated carbocycles. The number of phenolic OH excluding ortho intramolecular Hbond substituents is 2. The Morgan fingerprint density at radius 3 is 2.52 bits per heavy atom. The van der Waals surface area contributed by atoms with E-state index in [0.717, 1.165) is 6.07 Å². The third-order valence-electron chi connectivity index (χ3n) is 3.03. The summed E-state index contributed by atoms with van der Waals surface area (Å²) in [6, 6.07) is 6.57.